The zero-order valence-corrected chi connectivity index (χ0v) is 15.8. The van der Waals surface area contributed by atoms with Gasteiger partial charge in [-0.25, -0.2) is 4.79 Å². The van der Waals surface area contributed by atoms with Gasteiger partial charge in [0, 0.05) is 11.4 Å². The lowest BCUT2D eigenvalue weighted by molar-refractivity contribution is -0.137. The number of halogens is 3. The van der Waals surface area contributed by atoms with Gasteiger partial charge in [0.15, 0.2) is 0 Å². The van der Waals surface area contributed by atoms with Crippen molar-refractivity contribution in [2.45, 2.75) is 6.18 Å². The summed E-state index contributed by atoms with van der Waals surface area (Å²) in [6.07, 6.45) is -4.46. The number of alkyl halides is 3. The number of nitrogens with one attached hydrogen (secondary N) is 1. The fourth-order valence-corrected chi connectivity index (χ4v) is 2.63. The third-order valence-electron chi connectivity index (χ3n) is 4.08. The molecule has 5 nitrogen and oxygen atoms in total. The first-order valence-electron chi connectivity index (χ1n) is 9.02. The Balaban J connectivity index is 1.61. The van der Waals surface area contributed by atoms with Gasteiger partial charge in [0.25, 0.3) is 0 Å². The second-order valence-electron chi connectivity index (χ2n) is 6.30. The molecule has 3 rings (SSSR count). The highest BCUT2D eigenvalue weighted by Crippen LogP contribution is 2.32. The van der Waals surface area contributed by atoms with Crippen molar-refractivity contribution in [3.05, 3.63) is 83.9 Å². The zero-order chi connectivity index (χ0) is 21.6. The lowest BCUT2D eigenvalue weighted by Gasteiger charge is -2.14. The maximum atomic E-state index is 12.9. The number of carbonyl (C=O) groups is 1. The Hall–Kier alpha value is -3.68. The molecule has 0 spiro atoms. The second kappa shape index (κ2) is 9.21. The highest BCUT2D eigenvalue weighted by molar-refractivity contribution is 5.96. The predicted octanol–water partition coefficient (Wildman–Crippen LogP) is 5.27. The van der Waals surface area contributed by atoms with Gasteiger partial charge >= 0.3 is 12.1 Å². The fourth-order valence-electron chi connectivity index (χ4n) is 2.63. The lowest BCUT2D eigenvalue weighted by atomic mass is 10.1. The molecule has 0 amide bonds. The number of carbonyl (C=O) groups excluding carboxylic acids is 1. The van der Waals surface area contributed by atoms with Gasteiger partial charge < -0.3 is 20.5 Å². The molecule has 0 saturated heterocycles. The third-order valence-corrected chi connectivity index (χ3v) is 4.08. The minimum atomic E-state index is -4.46. The Morgan fingerprint density at radius 2 is 1.67 bits per heavy atom. The third kappa shape index (κ3) is 5.66. The number of nitrogens with two attached hydrogens (primary N) is 1. The van der Waals surface area contributed by atoms with Crippen LogP contribution in [-0.4, -0.2) is 19.2 Å². The van der Waals surface area contributed by atoms with E-state index in [0.29, 0.717) is 17.1 Å². The molecule has 8 heteroatoms. The van der Waals surface area contributed by atoms with Crippen molar-refractivity contribution in [3.8, 4) is 5.75 Å². The van der Waals surface area contributed by atoms with E-state index in [9.17, 15) is 18.0 Å². The van der Waals surface area contributed by atoms with Gasteiger partial charge in [0.1, 0.15) is 19.0 Å². The number of esters is 1. The van der Waals surface area contributed by atoms with Crippen LogP contribution in [0.15, 0.2) is 72.8 Å². The summed E-state index contributed by atoms with van der Waals surface area (Å²) in [5.74, 6) is -0.0298. The normalized spacial score (nSPS) is 11.0. The molecular formula is C22H19F3N2O3. The van der Waals surface area contributed by atoms with Crippen molar-refractivity contribution >= 4 is 23.0 Å². The first-order chi connectivity index (χ1) is 14.3. The van der Waals surface area contributed by atoms with Crippen LogP contribution in [0.2, 0.25) is 0 Å². The molecule has 0 bridgehead atoms. The van der Waals surface area contributed by atoms with Crippen LogP contribution >= 0.6 is 0 Å². The van der Waals surface area contributed by atoms with E-state index in [-0.39, 0.29) is 24.5 Å². The monoisotopic (exact) mass is 416 g/mol. The summed E-state index contributed by atoms with van der Waals surface area (Å²) in [5.41, 5.74) is 6.16. The van der Waals surface area contributed by atoms with Crippen LogP contribution in [-0.2, 0) is 10.9 Å². The molecule has 3 N–H and O–H groups in total. The summed E-state index contributed by atoms with van der Waals surface area (Å²) in [6, 6.07) is 17.9. The summed E-state index contributed by atoms with van der Waals surface area (Å²) in [4.78, 5) is 12.4. The van der Waals surface area contributed by atoms with Crippen LogP contribution in [0, 0.1) is 0 Å². The number of rotatable bonds is 7. The number of hydrogen-bond acceptors (Lipinski definition) is 5. The van der Waals surface area contributed by atoms with Crippen molar-refractivity contribution < 1.29 is 27.4 Å². The molecule has 0 atom stereocenters. The van der Waals surface area contributed by atoms with E-state index in [2.05, 4.69) is 5.32 Å². The van der Waals surface area contributed by atoms with Gasteiger partial charge in [0.05, 0.1) is 16.8 Å². The number of nitrogen functional groups attached to an aromatic ring is 1. The molecule has 0 saturated carbocycles. The van der Waals surface area contributed by atoms with Gasteiger partial charge in [-0.15, -0.1) is 0 Å². The molecule has 0 aliphatic heterocycles. The Labute approximate surface area is 171 Å². The molecule has 0 heterocycles. The van der Waals surface area contributed by atoms with Gasteiger partial charge in [-0.05, 0) is 54.6 Å². The Morgan fingerprint density at radius 3 is 2.40 bits per heavy atom. The number of anilines is 3. The van der Waals surface area contributed by atoms with Gasteiger partial charge in [0.2, 0.25) is 0 Å². The highest BCUT2D eigenvalue weighted by atomic mass is 19.4. The molecule has 0 fully saturated rings. The smallest absolute Gasteiger partial charge is 0.416 e. The van der Waals surface area contributed by atoms with Crippen molar-refractivity contribution in [3.63, 3.8) is 0 Å². The predicted molar refractivity (Wildman–Crippen MR) is 108 cm³/mol. The lowest BCUT2D eigenvalue weighted by Crippen LogP contribution is -2.13. The molecule has 0 unspecified atom stereocenters. The number of para-hydroxylation sites is 1. The molecule has 156 valence electrons. The maximum Gasteiger partial charge on any atom is 0.416 e. The molecule has 3 aromatic rings. The highest BCUT2D eigenvalue weighted by Gasteiger charge is 2.30. The van der Waals surface area contributed by atoms with E-state index in [1.54, 1.807) is 42.5 Å². The van der Waals surface area contributed by atoms with Crippen LogP contribution in [0.5, 0.6) is 5.75 Å². The molecule has 3 aromatic carbocycles. The minimum Gasteiger partial charge on any atom is -0.490 e. The molecule has 0 radical (unpaired) electrons. The van der Waals surface area contributed by atoms with Crippen molar-refractivity contribution in [1.82, 2.24) is 0 Å². The van der Waals surface area contributed by atoms with Gasteiger partial charge in [-0.2, -0.15) is 13.2 Å². The van der Waals surface area contributed by atoms with Crippen molar-refractivity contribution in [2.75, 3.05) is 24.3 Å². The largest absolute Gasteiger partial charge is 0.490 e. The Morgan fingerprint density at radius 1 is 0.933 bits per heavy atom. The number of benzene rings is 3. The Kier molecular flexibility index (Phi) is 6.46. The first-order valence-corrected chi connectivity index (χ1v) is 9.02. The van der Waals surface area contributed by atoms with Crippen LogP contribution in [0.1, 0.15) is 15.9 Å². The summed E-state index contributed by atoms with van der Waals surface area (Å²) in [5, 5.41) is 2.84. The van der Waals surface area contributed by atoms with Crippen LogP contribution in [0.4, 0.5) is 30.2 Å². The van der Waals surface area contributed by atoms with Gasteiger partial charge in [-0.3, -0.25) is 0 Å². The summed E-state index contributed by atoms with van der Waals surface area (Å²) >= 11 is 0. The molecule has 0 aliphatic rings. The molecular weight excluding hydrogens is 397 g/mol. The average Bonchev–Trinajstić information content (AvgIpc) is 2.72. The van der Waals surface area contributed by atoms with Crippen molar-refractivity contribution in [1.29, 1.82) is 0 Å². The molecule has 0 aliphatic carbocycles. The van der Waals surface area contributed by atoms with E-state index in [1.807, 2.05) is 0 Å². The quantitative estimate of drug-likeness (QED) is 0.312. The second-order valence-corrected chi connectivity index (χ2v) is 6.30. The first kappa shape index (κ1) is 21.0. The topological polar surface area (TPSA) is 73.6 Å². The van der Waals surface area contributed by atoms with E-state index < -0.39 is 17.7 Å². The van der Waals surface area contributed by atoms with E-state index in [1.165, 1.54) is 18.2 Å². The van der Waals surface area contributed by atoms with Crippen LogP contribution in [0.3, 0.4) is 0 Å². The van der Waals surface area contributed by atoms with E-state index in [4.69, 9.17) is 15.2 Å². The fraction of sp³-hybridized carbons (Fsp3) is 0.136. The van der Waals surface area contributed by atoms with Gasteiger partial charge in [-0.1, -0.05) is 18.2 Å². The van der Waals surface area contributed by atoms with E-state index in [0.717, 1.165) is 12.1 Å². The summed E-state index contributed by atoms with van der Waals surface area (Å²) in [7, 11) is 0. The summed E-state index contributed by atoms with van der Waals surface area (Å²) < 4.78 is 49.4. The minimum absolute atomic E-state index is 0.00109. The molecule has 0 aromatic heterocycles. The maximum absolute atomic E-state index is 12.9. The average molecular weight is 416 g/mol. The number of hydrogen-bond donors (Lipinski definition) is 2. The summed E-state index contributed by atoms with van der Waals surface area (Å²) in [6.45, 7) is 0.139. The van der Waals surface area contributed by atoms with Crippen LogP contribution in [0.25, 0.3) is 0 Å². The number of ether oxygens (including phenoxy) is 2. The van der Waals surface area contributed by atoms with Crippen molar-refractivity contribution in [2.24, 2.45) is 0 Å². The van der Waals surface area contributed by atoms with E-state index >= 15 is 0 Å². The molecule has 30 heavy (non-hydrogen) atoms. The standard InChI is InChI=1S/C22H19F3N2O3/c23-22(24,25)15-4-3-5-17(14-15)27-20-7-2-1-6-19(20)21(28)30-13-12-29-18-10-8-16(26)9-11-18/h1-11,14,27H,12-13,26H2. The zero-order valence-electron chi connectivity index (χ0n) is 15.8. The SMILES string of the molecule is Nc1ccc(OCCOC(=O)c2ccccc2Nc2cccc(C(F)(F)F)c2)cc1. The Bertz CT molecular complexity index is 1010. The van der Waals surface area contributed by atoms with Crippen LogP contribution < -0.4 is 15.8 Å².